The zero-order valence-corrected chi connectivity index (χ0v) is 8.94. The largest absolute Gasteiger partial charge is 0.461 e. The van der Waals surface area contributed by atoms with Crippen LogP contribution in [0.1, 0.15) is 26.2 Å². The summed E-state index contributed by atoms with van der Waals surface area (Å²) >= 11 is 0. The Balaban J connectivity index is 1.84. The second kappa shape index (κ2) is 4.61. The Bertz CT molecular complexity index is 272. The number of rotatable bonds is 3. The molecule has 0 aromatic heterocycles. The molecule has 2 heterocycles. The molecule has 0 aromatic rings. The summed E-state index contributed by atoms with van der Waals surface area (Å²) in [4.78, 5) is 18.8. The first-order valence-electron chi connectivity index (χ1n) is 5.45. The summed E-state index contributed by atoms with van der Waals surface area (Å²) in [6.45, 7) is 4.24. The minimum atomic E-state index is -0.348. The quantitative estimate of drug-likeness (QED) is 0.648. The van der Waals surface area contributed by atoms with Crippen LogP contribution in [0, 0.1) is 0 Å². The Morgan fingerprint density at radius 1 is 1.60 bits per heavy atom. The van der Waals surface area contributed by atoms with Gasteiger partial charge in [0.1, 0.15) is 0 Å². The van der Waals surface area contributed by atoms with Crippen molar-refractivity contribution in [3.63, 3.8) is 0 Å². The van der Waals surface area contributed by atoms with E-state index in [1.807, 2.05) is 0 Å². The van der Waals surface area contributed by atoms with Crippen molar-refractivity contribution in [3.05, 3.63) is 0 Å². The Labute approximate surface area is 89.0 Å². The van der Waals surface area contributed by atoms with E-state index in [0.29, 0.717) is 18.7 Å². The molecule has 1 fully saturated rings. The molecule has 1 saturated heterocycles. The van der Waals surface area contributed by atoms with Gasteiger partial charge in [0.15, 0.2) is 11.9 Å². The predicted molar refractivity (Wildman–Crippen MR) is 54.4 cm³/mol. The third-order valence-electron chi connectivity index (χ3n) is 2.71. The summed E-state index contributed by atoms with van der Waals surface area (Å²) in [7, 11) is 0. The number of likely N-dealkylation sites (tertiary alicyclic amines) is 1. The first-order valence-corrected chi connectivity index (χ1v) is 5.45. The molecule has 15 heavy (non-hydrogen) atoms. The second-order valence-corrected chi connectivity index (χ2v) is 3.77. The summed E-state index contributed by atoms with van der Waals surface area (Å²) in [6.07, 6.45) is 2.91. The molecule has 0 radical (unpaired) electrons. The van der Waals surface area contributed by atoms with Gasteiger partial charge in [0.05, 0.1) is 13.0 Å². The van der Waals surface area contributed by atoms with E-state index in [1.165, 1.54) is 12.8 Å². The molecule has 0 bridgehead atoms. The van der Waals surface area contributed by atoms with Crippen LogP contribution in [0.25, 0.3) is 0 Å². The molecule has 0 saturated carbocycles. The lowest BCUT2D eigenvalue weighted by Crippen LogP contribution is -2.33. The fourth-order valence-corrected chi connectivity index (χ4v) is 1.92. The Morgan fingerprint density at radius 2 is 2.33 bits per heavy atom. The van der Waals surface area contributed by atoms with Crippen molar-refractivity contribution in [1.29, 1.82) is 0 Å². The van der Waals surface area contributed by atoms with Crippen molar-refractivity contribution < 1.29 is 14.4 Å². The van der Waals surface area contributed by atoms with Crippen molar-refractivity contribution in [3.8, 4) is 0 Å². The third-order valence-corrected chi connectivity index (χ3v) is 2.71. The molecule has 0 amide bonds. The summed E-state index contributed by atoms with van der Waals surface area (Å²) in [6, 6.07) is 0. The zero-order valence-electron chi connectivity index (χ0n) is 8.94. The lowest BCUT2D eigenvalue weighted by molar-refractivity contribution is -0.135. The number of hydrogen-bond donors (Lipinski definition) is 0. The molecule has 84 valence electrons. The molecule has 1 atom stereocenters. The molecule has 1 unspecified atom stereocenters. The van der Waals surface area contributed by atoms with E-state index < -0.39 is 0 Å². The van der Waals surface area contributed by atoms with Crippen LogP contribution in [0.2, 0.25) is 0 Å². The minimum absolute atomic E-state index is 0.0492. The average molecular weight is 212 g/mol. The smallest absolute Gasteiger partial charge is 0.356 e. The third kappa shape index (κ3) is 2.28. The van der Waals surface area contributed by atoms with Gasteiger partial charge in [-0.1, -0.05) is 5.16 Å². The lowest BCUT2D eigenvalue weighted by atomic mass is 10.2. The van der Waals surface area contributed by atoms with Gasteiger partial charge in [-0.15, -0.1) is 0 Å². The molecule has 0 aromatic carbocycles. The van der Waals surface area contributed by atoms with Crippen LogP contribution >= 0.6 is 0 Å². The summed E-state index contributed by atoms with van der Waals surface area (Å²) in [5, 5.41) is 3.78. The molecule has 5 nitrogen and oxygen atoms in total. The average Bonchev–Trinajstić information content (AvgIpc) is 2.89. The molecule has 0 N–H and O–H groups in total. The Kier molecular flexibility index (Phi) is 3.20. The highest BCUT2D eigenvalue weighted by Crippen LogP contribution is 2.20. The van der Waals surface area contributed by atoms with E-state index in [2.05, 4.69) is 10.1 Å². The van der Waals surface area contributed by atoms with E-state index in [4.69, 9.17) is 9.57 Å². The van der Waals surface area contributed by atoms with Crippen molar-refractivity contribution in [1.82, 2.24) is 4.90 Å². The van der Waals surface area contributed by atoms with Crippen molar-refractivity contribution in [2.45, 2.75) is 32.4 Å². The van der Waals surface area contributed by atoms with Gasteiger partial charge in [-0.25, -0.2) is 4.79 Å². The zero-order chi connectivity index (χ0) is 10.7. The number of carbonyl (C=O) groups is 1. The molecular weight excluding hydrogens is 196 g/mol. The van der Waals surface area contributed by atoms with Gasteiger partial charge in [-0.2, -0.15) is 0 Å². The molecule has 0 aliphatic carbocycles. The molecule has 5 heteroatoms. The van der Waals surface area contributed by atoms with Crippen LogP contribution in [-0.4, -0.2) is 42.5 Å². The highest BCUT2D eigenvalue weighted by Gasteiger charge is 2.32. The van der Waals surface area contributed by atoms with Crippen LogP contribution in [0.15, 0.2) is 5.16 Å². The standard InChI is InChI=1S/C10H16N2O3/c1-2-14-10(13)8-7-9(15-11-8)12-5-3-4-6-12/h9H,2-7H2,1H3. The highest BCUT2D eigenvalue weighted by molar-refractivity contribution is 6.36. The maximum Gasteiger partial charge on any atom is 0.356 e. The second-order valence-electron chi connectivity index (χ2n) is 3.77. The summed E-state index contributed by atoms with van der Waals surface area (Å²) in [5.74, 6) is -0.348. The van der Waals surface area contributed by atoms with E-state index in [-0.39, 0.29) is 12.2 Å². The van der Waals surface area contributed by atoms with Gasteiger partial charge in [-0.3, -0.25) is 4.90 Å². The highest BCUT2D eigenvalue weighted by atomic mass is 16.7. The van der Waals surface area contributed by atoms with Gasteiger partial charge < -0.3 is 9.57 Å². The van der Waals surface area contributed by atoms with Gasteiger partial charge in [-0.05, 0) is 19.8 Å². The normalized spacial score (nSPS) is 26.2. The number of esters is 1. The molecule has 2 rings (SSSR count). The van der Waals surface area contributed by atoms with Crippen molar-refractivity contribution >= 4 is 11.7 Å². The fourth-order valence-electron chi connectivity index (χ4n) is 1.92. The van der Waals surface area contributed by atoms with E-state index in [9.17, 15) is 4.79 Å². The number of carbonyl (C=O) groups excluding carboxylic acids is 1. The van der Waals surface area contributed by atoms with Gasteiger partial charge in [0.25, 0.3) is 0 Å². The van der Waals surface area contributed by atoms with Crippen LogP contribution in [-0.2, 0) is 14.4 Å². The van der Waals surface area contributed by atoms with E-state index in [1.54, 1.807) is 6.92 Å². The van der Waals surface area contributed by atoms with E-state index >= 15 is 0 Å². The van der Waals surface area contributed by atoms with Crippen molar-refractivity contribution in [2.75, 3.05) is 19.7 Å². The van der Waals surface area contributed by atoms with Gasteiger partial charge >= 0.3 is 5.97 Å². The van der Waals surface area contributed by atoms with Gasteiger partial charge in [0, 0.05) is 13.1 Å². The molecule has 2 aliphatic heterocycles. The Hall–Kier alpha value is -1.10. The topological polar surface area (TPSA) is 51.1 Å². The summed E-state index contributed by atoms with van der Waals surface area (Å²) < 4.78 is 4.87. The number of oxime groups is 1. The number of ether oxygens (including phenoxy) is 1. The van der Waals surface area contributed by atoms with Crippen LogP contribution in [0.3, 0.4) is 0 Å². The Morgan fingerprint density at radius 3 is 3.00 bits per heavy atom. The van der Waals surface area contributed by atoms with E-state index in [0.717, 1.165) is 13.1 Å². The maximum absolute atomic E-state index is 11.4. The molecule has 0 spiro atoms. The van der Waals surface area contributed by atoms with Crippen molar-refractivity contribution in [2.24, 2.45) is 5.16 Å². The van der Waals surface area contributed by atoms with Crippen LogP contribution < -0.4 is 0 Å². The lowest BCUT2D eigenvalue weighted by Gasteiger charge is -2.19. The minimum Gasteiger partial charge on any atom is -0.461 e. The molecule has 2 aliphatic rings. The summed E-state index contributed by atoms with van der Waals surface area (Å²) in [5.41, 5.74) is 0.411. The molecular formula is C10H16N2O3. The maximum atomic E-state index is 11.4. The monoisotopic (exact) mass is 212 g/mol. The first-order chi connectivity index (χ1) is 7.31. The predicted octanol–water partition coefficient (Wildman–Crippen LogP) is 0.748. The number of nitrogens with zero attached hydrogens (tertiary/aromatic N) is 2. The van der Waals surface area contributed by atoms with Gasteiger partial charge in [0.2, 0.25) is 0 Å². The fraction of sp³-hybridized carbons (Fsp3) is 0.800. The number of hydrogen-bond acceptors (Lipinski definition) is 5. The SMILES string of the molecule is CCOC(=O)C1=NOC(N2CCCC2)C1. The first kappa shape index (κ1) is 10.4. The van der Waals surface area contributed by atoms with Crippen LogP contribution in [0.4, 0.5) is 0 Å². The van der Waals surface area contributed by atoms with Crippen LogP contribution in [0.5, 0.6) is 0 Å².